The highest BCUT2D eigenvalue weighted by atomic mass is 31.2. The minimum atomic E-state index is -4.33. The number of carbonyl (C=O) groups is 2. The highest BCUT2D eigenvalue weighted by Crippen LogP contribution is 2.43. The van der Waals surface area contributed by atoms with Crippen molar-refractivity contribution in [3.8, 4) is 0 Å². The topological polar surface area (TPSA) is 134 Å². The van der Waals surface area contributed by atoms with E-state index in [4.69, 9.17) is 19.7 Å². The van der Waals surface area contributed by atoms with Gasteiger partial charge >= 0.3 is 19.8 Å². The molecule has 10 heteroatoms. The lowest BCUT2D eigenvalue weighted by molar-refractivity contribution is -0.161. The highest BCUT2D eigenvalue weighted by molar-refractivity contribution is 7.47. The molecule has 0 aromatic carbocycles. The van der Waals surface area contributed by atoms with Gasteiger partial charge in [-0.3, -0.25) is 18.6 Å². The van der Waals surface area contributed by atoms with Crippen LogP contribution in [0, 0.1) is 0 Å². The van der Waals surface area contributed by atoms with Gasteiger partial charge < -0.3 is 20.1 Å². The van der Waals surface area contributed by atoms with Crippen molar-refractivity contribution >= 4 is 19.8 Å². The number of hydrogen-bond acceptors (Lipinski definition) is 8. The number of nitrogens with two attached hydrogens (primary N) is 1. The first-order chi connectivity index (χ1) is 16.3. The van der Waals surface area contributed by atoms with Crippen LogP contribution >= 0.6 is 7.82 Å². The van der Waals surface area contributed by atoms with E-state index in [0.717, 1.165) is 25.7 Å². The van der Waals surface area contributed by atoms with Gasteiger partial charge in [0.15, 0.2) is 6.10 Å². The maximum Gasteiger partial charge on any atom is 0.472 e. The fourth-order valence-corrected chi connectivity index (χ4v) is 4.04. The molecule has 0 saturated carbocycles. The van der Waals surface area contributed by atoms with Crippen LogP contribution in [0.3, 0.4) is 0 Å². The first kappa shape index (κ1) is 33.0. The van der Waals surface area contributed by atoms with Gasteiger partial charge in [-0.2, -0.15) is 0 Å². The summed E-state index contributed by atoms with van der Waals surface area (Å²) in [4.78, 5) is 33.8. The van der Waals surface area contributed by atoms with Crippen LogP contribution in [0.2, 0.25) is 0 Å². The molecule has 3 N–H and O–H groups in total. The molecule has 2 atom stereocenters. The third-order valence-electron chi connectivity index (χ3n) is 5.24. The molecule has 0 spiro atoms. The van der Waals surface area contributed by atoms with E-state index in [1.807, 2.05) is 6.92 Å². The molecule has 1 unspecified atom stereocenters. The van der Waals surface area contributed by atoms with Crippen molar-refractivity contribution in [3.63, 3.8) is 0 Å². The van der Waals surface area contributed by atoms with Crippen LogP contribution in [0.1, 0.15) is 110 Å². The molecular weight excluding hydrogens is 461 g/mol. The van der Waals surface area contributed by atoms with E-state index in [2.05, 4.69) is 11.4 Å². The number of phosphoric ester groups is 1. The summed E-state index contributed by atoms with van der Waals surface area (Å²) in [7, 11) is -4.33. The predicted molar refractivity (Wildman–Crippen MR) is 132 cm³/mol. The maximum atomic E-state index is 12.2. The number of rotatable bonds is 24. The second-order valence-corrected chi connectivity index (χ2v) is 10.0. The molecule has 0 rings (SSSR count). The Morgan fingerprint density at radius 1 is 0.765 bits per heavy atom. The first-order valence-corrected chi connectivity index (χ1v) is 14.5. The van der Waals surface area contributed by atoms with Crippen LogP contribution in [-0.4, -0.2) is 49.3 Å². The molecule has 202 valence electrons. The second kappa shape index (κ2) is 22.5. The largest absolute Gasteiger partial charge is 0.472 e. The molecular formula is C24H48NO8P. The van der Waals surface area contributed by atoms with Gasteiger partial charge in [-0.05, 0) is 12.8 Å². The summed E-state index contributed by atoms with van der Waals surface area (Å²) in [6.45, 7) is 3.48. The van der Waals surface area contributed by atoms with Crippen molar-refractivity contribution in [1.82, 2.24) is 0 Å². The van der Waals surface area contributed by atoms with Crippen molar-refractivity contribution in [2.45, 2.75) is 116 Å². The van der Waals surface area contributed by atoms with Gasteiger partial charge in [0.25, 0.3) is 0 Å². The summed E-state index contributed by atoms with van der Waals surface area (Å²) in [5.41, 5.74) is 5.26. The summed E-state index contributed by atoms with van der Waals surface area (Å²) < 4.78 is 32.0. The summed E-state index contributed by atoms with van der Waals surface area (Å²) in [6.07, 6.45) is 13.7. The minimum absolute atomic E-state index is 0.0561. The van der Waals surface area contributed by atoms with E-state index in [1.54, 1.807) is 0 Å². The van der Waals surface area contributed by atoms with Crippen LogP contribution in [0.15, 0.2) is 0 Å². The third kappa shape index (κ3) is 21.5. The van der Waals surface area contributed by atoms with Gasteiger partial charge in [-0.1, -0.05) is 84.5 Å². The zero-order valence-corrected chi connectivity index (χ0v) is 22.2. The van der Waals surface area contributed by atoms with Gasteiger partial charge in [-0.25, -0.2) is 4.57 Å². The number of unbranched alkanes of at least 4 members (excludes halogenated alkanes) is 11. The lowest BCUT2D eigenvalue weighted by atomic mass is 10.1. The Labute approximate surface area is 206 Å². The number of hydrogen-bond donors (Lipinski definition) is 2. The van der Waals surface area contributed by atoms with Crippen LogP contribution in [0.25, 0.3) is 0 Å². The van der Waals surface area contributed by atoms with E-state index in [1.165, 1.54) is 44.9 Å². The monoisotopic (exact) mass is 509 g/mol. The van der Waals surface area contributed by atoms with E-state index in [-0.39, 0.29) is 32.6 Å². The zero-order valence-electron chi connectivity index (χ0n) is 21.3. The van der Waals surface area contributed by atoms with E-state index >= 15 is 0 Å². The number of carbonyl (C=O) groups excluding carboxylic acids is 2. The molecule has 0 aromatic heterocycles. The summed E-state index contributed by atoms with van der Waals surface area (Å²) >= 11 is 0. The quantitative estimate of drug-likeness (QED) is 0.0992. The van der Waals surface area contributed by atoms with Gasteiger partial charge in [0.05, 0.1) is 13.2 Å². The van der Waals surface area contributed by atoms with Crippen molar-refractivity contribution in [3.05, 3.63) is 0 Å². The number of phosphoric acid groups is 1. The normalized spacial score (nSPS) is 13.9. The Bertz CT molecular complexity index is 561. The van der Waals surface area contributed by atoms with Crippen LogP contribution in [0.5, 0.6) is 0 Å². The molecule has 0 aliphatic heterocycles. The lowest BCUT2D eigenvalue weighted by Gasteiger charge is -2.19. The van der Waals surface area contributed by atoms with Gasteiger partial charge in [0.2, 0.25) is 0 Å². The standard InChI is InChI=1S/C24H48NO8P/c1-3-5-7-8-9-10-11-12-13-15-17-24(27)33-22(20-30-23(26)16-14-6-4-2)21-32-34(28,29)31-19-18-25/h22H,3-21,25H2,1-2H3,(H,28,29)/t22-/m1/s1. The van der Waals surface area contributed by atoms with Crippen molar-refractivity contribution < 1.29 is 37.6 Å². The molecule has 34 heavy (non-hydrogen) atoms. The molecule has 0 amide bonds. The maximum absolute atomic E-state index is 12.2. The molecule has 0 bridgehead atoms. The SMILES string of the molecule is CCCCCCCCCCCCC(=O)O[C@H](COC(=O)CCCCC)COP(=O)(O)OCCN. The fraction of sp³-hybridized carbons (Fsp3) is 0.917. The Morgan fingerprint density at radius 3 is 1.85 bits per heavy atom. The number of esters is 2. The van der Waals surface area contributed by atoms with Crippen molar-refractivity contribution in [2.75, 3.05) is 26.4 Å². The average Bonchev–Trinajstić information content (AvgIpc) is 2.81. The van der Waals surface area contributed by atoms with Gasteiger partial charge in [0, 0.05) is 19.4 Å². The van der Waals surface area contributed by atoms with Crippen LogP contribution < -0.4 is 5.73 Å². The third-order valence-corrected chi connectivity index (χ3v) is 6.23. The van der Waals surface area contributed by atoms with Crippen molar-refractivity contribution in [1.29, 1.82) is 0 Å². The molecule has 0 aliphatic rings. The number of ether oxygens (including phenoxy) is 2. The molecule has 0 saturated heterocycles. The van der Waals surface area contributed by atoms with Crippen molar-refractivity contribution in [2.24, 2.45) is 5.73 Å². The van der Waals surface area contributed by atoms with E-state index < -0.39 is 32.5 Å². The van der Waals surface area contributed by atoms with E-state index in [0.29, 0.717) is 12.8 Å². The fourth-order valence-electron chi connectivity index (χ4n) is 3.28. The molecule has 0 fully saturated rings. The lowest BCUT2D eigenvalue weighted by Crippen LogP contribution is -2.29. The highest BCUT2D eigenvalue weighted by Gasteiger charge is 2.25. The van der Waals surface area contributed by atoms with Crippen LogP contribution in [-0.2, 0) is 32.7 Å². The molecule has 0 aliphatic carbocycles. The van der Waals surface area contributed by atoms with Gasteiger partial charge in [0.1, 0.15) is 6.61 Å². The molecule has 9 nitrogen and oxygen atoms in total. The van der Waals surface area contributed by atoms with Crippen LogP contribution in [0.4, 0.5) is 0 Å². The molecule has 0 radical (unpaired) electrons. The minimum Gasteiger partial charge on any atom is -0.462 e. The predicted octanol–water partition coefficient (Wildman–Crippen LogP) is 5.43. The smallest absolute Gasteiger partial charge is 0.462 e. The summed E-state index contributed by atoms with van der Waals surface area (Å²) in [5, 5.41) is 0. The second-order valence-electron chi connectivity index (χ2n) is 8.57. The average molecular weight is 510 g/mol. The van der Waals surface area contributed by atoms with E-state index in [9.17, 15) is 19.0 Å². The Balaban J connectivity index is 4.32. The zero-order chi connectivity index (χ0) is 25.5. The molecule has 0 aromatic rings. The first-order valence-electron chi connectivity index (χ1n) is 13.0. The summed E-state index contributed by atoms with van der Waals surface area (Å²) in [6, 6.07) is 0. The van der Waals surface area contributed by atoms with Gasteiger partial charge in [-0.15, -0.1) is 0 Å². The Hall–Kier alpha value is -0.990. The Kier molecular flexibility index (Phi) is 21.8. The summed E-state index contributed by atoms with van der Waals surface area (Å²) in [5.74, 6) is -0.860. The Morgan fingerprint density at radius 2 is 1.26 bits per heavy atom. The molecule has 0 heterocycles.